The number of amides is 1. The number of nitrogens with zero attached hydrogens (tertiary/aromatic N) is 3. The Labute approximate surface area is 163 Å². The molecule has 0 unspecified atom stereocenters. The van der Waals surface area contributed by atoms with Gasteiger partial charge in [0.05, 0.1) is 28.7 Å². The third-order valence-electron chi connectivity index (χ3n) is 4.05. The minimum atomic E-state index is -0.509. The molecular formula is C19H17N3O5S. The van der Waals surface area contributed by atoms with E-state index in [1.807, 2.05) is 31.2 Å². The van der Waals surface area contributed by atoms with Crippen LogP contribution in [0.3, 0.4) is 0 Å². The van der Waals surface area contributed by atoms with E-state index >= 15 is 0 Å². The molecule has 3 rings (SSSR count). The Hall–Kier alpha value is -3.33. The van der Waals surface area contributed by atoms with Crippen LogP contribution in [0.4, 0.5) is 5.69 Å². The number of fused-ring (bicyclic) bond motifs is 1. The summed E-state index contributed by atoms with van der Waals surface area (Å²) in [4.78, 5) is 39.2. The van der Waals surface area contributed by atoms with E-state index in [-0.39, 0.29) is 24.6 Å². The van der Waals surface area contributed by atoms with Gasteiger partial charge >= 0.3 is 5.97 Å². The molecule has 0 aliphatic rings. The van der Waals surface area contributed by atoms with Crippen LogP contribution in [-0.4, -0.2) is 28.5 Å². The summed E-state index contributed by atoms with van der Waals surface area (Å²) < 4.78 is 6.80. The van der Waals surface area contributed by atoms with Gasteiger partial charge in [-0.2, -0.15) is 4.99 Å². The Bertz CT molecular complexity index is 1150. The van der Waals surface area contributed by atoms with Gasteiger partial charge in [0, 0.05) is 12.1 Å². The molecule has 0 fully saturated rings. The predicted molar refractivity (Wildman–Crippen MR) is 104 cm³/mol. The molecule has 0 saturated carbocycles. The van der Waals surface area contributed by atoms with Gasteiger partial charge in [-0.05, 0) is 18.6 Å². The van der Waals surface area contributed by atoms with Crippen molar-refractivity contribution in [3.63, 3.8) is 0 Å². The van der Waals surface area contributed by atoms with Gasteiger partial charge in [0.15, 0.2) is 4.80 Å². The number of rotatable bonds is 5. The first-order valence-corrected chi connectivity index (χ1v) is 9.16. The molecular weight excluding hydrogens is 382 g/mol. The number of methoxy groups -OCH3 is 1. The molecule has 0 N–H and O–H groups in total. The number of aromatic nitrogens is 1. The average molecular weight is 399 g/mol. The Kier molecular flexibility index (Phi) is 5.65. The van der Waals surface area contributed by atoms with Gasteiger partial charge in [-0.1, -0.05) is 41.2 Å². The fourth-order valence-electron chi connectivity index (χ4n) is 2.75. The van der Waals surface area contributed by atoms with Gasteiger partial charge in [0.1, 0.15) is 6.54 Å². The molecule has 8 nitrogen and oxygen atoms in total. The molecule has 1 heterocycles. The van der Waals surface area contributed by atoms with Crippen LogP contribution in [0.5, 0.6) is 0 Å². The second-order valence-electron chi connectivity index (χ2n) is 6.13. The summed E-state index contributed by atoms with van der Waals surface area (Å²) >= 11 is 1.11. The summed E-state index contributed by atoms with van der Waals surface area (Å²) in [5.41, 5.74) is 2.38. The lowest BCUT2D eigenvalue weighted by Crippen LogP contribution is -2.22. The quantitative estimate of drug-likeness (QED) is 0.373. The molecule has 2 aromatic carbocycles. The second-order valence-corrected chi connectivity index (χ2v) is 7.14. The third kappa shape index (κ3) is 4.32. The number of esters is 1. The number of hydrogen-bond acceptors (Lipinski definition) is 6. The molecule has 3 aromatic rings. The van der Waals surface area contributed by atoms with Crippen LogP contribution >= 0.6 is 11.3 Å². The van der Waals surface area contributed by atoms with Crippen molar-refractivity contribution < 1.29 is 19.2 Å². The Morgan fingerprint density at radius 3 is 2.71 bits per heavy atom. The number of benzene rings is 2. The summed E-state index contributed by atoms with van der Waals surface area (Å²) in [5.74, 6) is -0.879. The van der Waals surface area contributed by atoms with E-state index in [0.717, 1.165) is 22.5 Å². The first-order chi connectivity index (χ1) is 13.4. The zero-order chi connectivity index (χ0) is 20.3. The van der Waals surface area contributed by atoms with Crippen molar-refractivity contribution in [3.05, 3.63) is 68.5 Å². The van der Waals surface area contributed by atoms with Gasteiger partial charge in [0.2, 0.25) is 0 Å². The van der Waals surface area contributed by atoms with Gasteiger partial charge in [-0.25, -0.2) is 0 Å². The third-order valence-corrected chi connectivity index (χ3v) is 5.09. The number of hydrogen-bond donors (Lipinski definition) is 0. The largest absolute Gasteiger partial charge is 0.468 e. The number of nitro benzene ring substituents is 1. The molecule has 0 atom stereocenters. The van der Waals surface area contributed by atoms with Crippen LogP contribution in [0.15, 0.2) is 47.5 Å². The van der Waals surface area contributed by atoms with Crippen LogP contribution in [-0.2, 0) is 27.3 Å². The molecule has 9 heteroatoms. The highest BCUT2D eigenvalue weighted by Crippen LogP contribution is 2.23. The molecule has 1 aromatic heterocycles. The highest BCUT2D eigenvalue weighted by Gasteiger charge is 2.15. The number of ether oxygens (including phenoxy) is 1. The lowest BCUT2D eigenvalue weighted by molar-refractivity contribution is -0.384. The summed E-state index contributed by atoms with van der Waals surface area (Å²) in [6.07, 6.45) is 0.119. The smallest absolute Gasteiger partial charge is 0.325 e. The molecule has 144 valence electrons. The highest BCUT2D eigenvalue weighted by molar-refractivity contribution is 7.16. The van der Waals surface area contributed by atoms with E-state index in [9.17, 15) is 19.7 Å². The van der Waals surface area contributed by atoms with Gasteiger partial charge < -0.3 is 9.30 Å². The Morgan fingerprint density at radius 1 is 1.25 bits per heavy atom. The molecule has 0 spiro atoms. The molecule has 0 aliphatic heterocycles. The fourth-order valence-corrected chi connectivity index (χ4v) is 3.83. The maximum absolute atomic E-state index is 12.5. The van der Waals surface area contributed by atoms with Crippen molar-refractivity contribution in [1.29, 1.82) is 0 Å². The Balaban J connectivity index is 2.05. The summed E-state index contributed by atoms with van der Waals surface area (Å²) in [7, 11) is 1.27. The first-order valence-electron chi connectivity index (χ1n) is 8.35. The topological polar surface area (TPSA) is 104 Å². The zero-order valence-electron chi connectivity index (χ0n) is 15.2. The van der Waals surface area contributed by atoms with Crippen LogP contribution in [0.25, 0.3) is 10.2 Å². The van der Waals surface area contributed by atoms with Crippen molar-refractivity contribution in [2.75, 3.05) is 7.11 Å². The van der Waals surface area contributed by atoms with E-state index in [1.165, 1.54) is 29.9 Å². The van der Waals surface area contributed by atoms with Crippen molar-refractivity contribution in [3.8, 4) is 0 Å². The standard InChI is InChI=1S/C19H17N3O5S/c1-12-4-3-5-13(8-12)9-17(23)20-19-21(11-18(24)27-2)15-7-6-14(22(25)26)10-16(15)28-19/h3-8,10H,9,11H2,1-2H3. The summed E-state index contributed by atoms with van der Waals surface area (Å²) in [6.45, 7) is 1.79. The molecule has 0 bridgehead atoms. The van der Waals surface area contributed by atoms with Crippen LogP contribution in [0.1, 0.15) is 11.1 Å². The van der Waals surface area contributed by atoms with Gasteiger partial charge in [-0.3, -0.25) is 19.7 Å². The van der Waals surface area contributed by atoms with Crippen molar-refractivity contribution >= 4 is 39.1 Å². The van der Waals surface area contributed by atoms with Crippen LogP contribution < -0.4 is 4.80 Å². The van der Waals surface area contributed by atoms with E-state index in [2.05, 4.69) is 4.99 Å². The Morgan fingerprint density at radius 2 is 2.04 bits per heavy atom. The number of nitro groups is 1. The monoisotopic (exact) mass is 399 g/mol. The fraction of sp³-hybridized carbons (Fsp3) is 0.211. The number of non-ortho nitro benzene ring substituents is 1. The van der Waals surface area contributed by atoms with E-state index in [1.54, 1.807) is 0 Å². The maximum Gasteiger partial charge on any atom is 0.325 e. The molecule has 1 amide bonds. The number of carbonyl (C=O) groups is 2. The number of thiazole rings is 1. The molecule has 28 heavy (non-hydrogen) atoms. The van der Waals surface area contributed by atoms with Gasteiger partial charge in [0.25, 0.3) is 11.6 Å². The van der Waals surface area contributed by atoms with E-state index in [0.29, 0.717) is 15.0 Å². The molecule has 0 saturated heterocycles. The summed E-state index contributed by atoms with van der Waals surface area (Å²) in [5, 5.41) is 11.0. The van der Waals surface area contributed by atoms with Crippen LogP contribution in [0, 0.1) is 17.0 Å². The van der Waals surface area contributed by atoms with Crippen molar-refractivity contribution in [2.45, 2.75) is 19.9 Å². The molecule has 0 aliphatic carbocycles. The second kappa shape index (κ2) is 8.13. The zero-order valence-corrected chi connectivity index (χ0v) is 16.1. The SMILES string of the molecule is COC(=O)Cn1c(=NC(=O)Cc2cccc(C)c2)sc2cc([N+](=O)[O-])ccc21. The van der Waals surface area contributed by atoms with Crippen molar-refractivity contribution in [1.82, 2.24) is 4.57 Å². The minimum absolute atomic E-state index is 0.0726. The van der Waals surface area contributed by atoms with Crippen molar-refractivity contribution in [2.24, 2.45) is 4.99 Å². The van der Waals surface area contributed by atoms with Crippen LogP contribution in [0.2, 0.25) is 0 Å². The first kappa shape index (κ1) is 19.4. The van der Waals surface area contributed by atoms with E-state index < -0.39 is 10.9 Å². The average Bonchev–Trinajstić information content (AvgIpc) is 2.97. The lowest BCUT2D eigenvalue weighted by Gasteiger charge is -2.03. The highest BCUT2D eigenvalue weighted by atomic mass is 32.1. The lowest BCUT2D eigenvalue weighted by atomic mass is 10.1. The maximum atomic E-state index is 12.5. The number of carbonyl (C=O) groups excluding carboxylic acids is 2. The summed E-state index contributed by atoms with van der Waals surface area (Å²) in [6, 6.07) is 11.8. The molecule has 0 radical (unpaired) electrons. The van der Waals surface area contributed by atoms with E-state index in [4.69, 9.17) is 4.74 Å². The predicted octanol–water partition coefficient (Wildman–Crippen LogP) is 2.76. The minimum Gasteiger partial charge on any atom is -0.468 e. The number of aryl methyl sites for hydroxylation is 1. The normalized spacial score (nSPS) is 11.6. The van der Waals surface area contributed by atoms with Gasteiger partial charge in [-0.15, -0.1) is 0 Å².